The van der Waals surface area contributed by atoms with Crippen molar-refractivity contribution < 1.29 is 30.1 Å². The second-order valence-corrected chi connectivity index (χ2v) is 6.04. The van der Waals surface area contributed by atoms with Crippen LogP contribution in [-0.4, -0.2) is 72.4 Å². The van der Waals surface area contributed by atoms with Crippen LogP contribution in [0.3, 0.4) is 0 Å². The Hall–Kier alpha value is -2.51. The number of ether oxygens (including phenoxy) is 1. The predicted octanol–water partition coefficient (Wildman–Crippen LogP) is -1.50. The van der Waals surface area contributed by atoms with E-state index in [-0.39, 0.29) is 22.9 Å². The molecule has 0 unspecified atom stereocenters. The lowest BCUT2D eigenvalue weighted by molar-refractivity contribution is -0.0948. The number of aromatic nitrogens is 3. The molecule has 1 aliphatic rings. The van der Waals surface area contributed by atoms with Gasteiger partial charge in [-0.25, -0.2) is 15.4 Å². The molecule has 3 rings (SSSR count). The Morgan fingerprint density at radius 2 is 2.27 bits per heavy atom. The summed E-state index contributed by atoms with van der Waals surface area (Å²) in [5.41, 5.74) is 7.12. The van der Waals surface area contributed by atoms with E-state index in [0.717, 1.165) is 0 Å². The highest BCUT2D eigenvalue weighted by atomic mass is 16.6. The summed E-state index contributed by atoms with van der Waals surface area (Å²) in [6.07, 6.45) is -0.720. The summed E-state index contributed by atoms with van der Waals surface area (Å²) in [6.45, 7) is 0.897. The Morgan fingerprint density at radius 3 is 2.85 bits per heavy atom. The number of aliphatic hydroxyl groups excluding tert-OH is 2. The van der Waals surface area contributed by atoms with Gasteiger partial charge in [0.1, 0.15) is 29.8 Å². The second kappa shape index (κ2) is 6.66. The number of nitrogens with zero attached hydrogens (tertiary/aromatic N) is 4. The van der Waals surface area contributed by atoms with Crippen LogP contribution in [0.4, 0.5) is 5.82 Å². The number of aliphatic hydroxyl groups is 3. The molecule has 2 aromatic rings. The average molecular weight is 368 g/mol. The van der Waals surface area contributed by atoms with Gasteiger partial charge in [-0.1, -0.05) is 5.16 Å². The van der Waals surface area contributed by atoms with Crippen LogP contribution in [-0.2, 0) is 9.57 Å². The molecule has 7 N–H and O–H groups in total. The highest BCUT2D eigenvalue weighted by molar-refractivity contribution is 6.11. The minimum absolute atomic E-state index is 0.223. The Bertz CT molecular complexity index is 837. The first-order valence-corrected chi connectivity index (χ1v) is 7.66. The maximum absolute atomic E-state index is 10.7. The molecule has 1 aliphatic heterocycles. The number of rotatable bonds is 5. The molecule has 2 aromatic heterocycles. The van der Waals surface area contributed by atoms with Gasteiger partial charge in [-0.15, -0.1) is 0 Å². The van der Waals surface area contributed by atoms with Gasteiger partial charge in [-0.3, -0.25) is 4.84 Å². The van der Waals surface area contributed by atoms with Crippen molar-refractivity contribution in [3.05, 3.63) is 18.1 Å². The third kappa shape index (κ3) is 2.64. The van der Waals surface area contributed by atoms with Gasteiger partial charge in [0.05, 0.1) is 24.7 Å². The van der Waals surface area contributed by atoms with Gasteiger partial charge in [0.15, 0.2) is 17.9 Å². The quantitative estimate of drug-likeness (QED) is 0.157. The maximum Gasteiger partial charge on any atom is 0.172 e. The smallest absolute Gasteiger partial charge is 0.172 e. The zero-order chi connectivity index (χ0) is 19.1. The molecule has 0 saturated carbocycles. The lowest BCUT2D eigenvalue weighted by atomic mass is 9.96. The fraction of sp³-hybridized carbons (Fsp3) is 0.500. The van der Waals surface area contributed by atoms with Crippen LogP contribution in [0.1, 0.15) is 18.7 Å². The lowest BCUT2D eigenvalue weighted by Crippen LogP contribution is -2.44. The summed E-state index contributed by atoms with van der Waals surface area (Å²) in [5.74, 6) is 0.0225. The Kier molecular flexibility index (Phi) is 4.68. The van der Waals surface area contributed by atoms with Crippen molar-refractivity contribution in [3.8, 4) is 0 Å². The van der Waals surface area contributed by atoms with Crippen molar-refractivity contribution in [2.75, 3.05) is 19.2 Å². The molecule has 1 saturated heterocycles. The Balaban J connectivity index is 2.23. The lowest BCUT2D eigenvalue weighted by Gasteiger charge is -2.27. The van der Waals surface area contributed by atoms with E-state index in [0.29, 0.717) is 5.39 Å². The monoisotopic (exact) mass is 368 g/mol. The van der Waals surface area contributed by atoms with E-state index in [1.54, 1.807) is 0 Å². The highest BCUT2D eigenvalue weighted by Gasteiger charge is 2.53. The molecular formula is C14H20N6O6. The fourth-order valence-corrected chi connectivity index (χ4v) is 3.08. The van der Waals surface area contributed by atoms with Crippen molar-refractivity contribution in [1.82, 2.24) is 14.5 Å². The van der Waals surface area contributed by atoms with E-state index in [1.165, 1.54) is 31.1 Å². The third-order valence-electron chi connectivity index (χ3n) is 4.38. The van der Waals surface area contributed by atoms with Gasteiger partial charge in [0.2, 0.25) is 0 Å². The number of nitrogens with one attached hydrogen (secondary N) is 1. The Labute approximate surface area is 147 Å². The molecule has 0 bridgehead atoms. The third-order valence-corrected chi connectivity index (χ3v) is 4.38. The number of oxime groups is 1. The number of hydrogen-bond donors (Lipinski definition) is 6. The minimum Gasteiger partial charge on any atom is -0.409 e. The number of fused-ring (bicyclic) bond motifs is 1. The van der Waals surface area contributed by atoms with Gasteiger partial charge < -0.3 is 35.6 Å². The van der Waals surface area contributed by atoms with E-state index in [4.69, 9.17) is 20.5 Å². The summed E-state index contributed by atoms with van der Waals surface area (Å²) in [6, 6.07) is 0. The summed E-state index contributed by atoms with van der Waals surface area (Å²) in [5, 5.41) is 42.7. The standard InChI is InChI=1S/C14H20N6O6/c1-14(23)9(22)7(4-21)26-13(14)20-3-6(10(15)18-24)8-11(19-25-2)16-5-17-12(8)20/h3,5,7,9,13,21-24H,4H2,1-2H3,(H2,15,18)(H,16,17,19)/t7-,9-,13-,14-/m1/s1. The van der Waals surface area contributed by atoms with Crippen LogP contribution in [0, 0.1) is 0 Å². The highest BCUT2D eigenvalue weighted by Crippen LogP contribution is 2.41. The second-order valence-electron chi connectivity index (χ2n) is 6.04. The van der Waals surface area contributed by atoms with Crippen LogP contribution in [0.5, 0.6) is 0 Å². The van der Waals surface area contributed by atoms with Gasteiger partial charge in [0, 0.05) is 6.20 Å². The average Bonchev–Trinajstić information content (AvgIpc) is 3.11. The molecule has 26 heavy (non-hydrogen) atoms. The zero-order valence-corrected chi connectivity index (χ0v) is 14.1. The molecule has 0 spiro atoms. The molecule has 0 aliphatic carbocycles. The van der Waals surface area contributed by atoms with Crippen molar-refractivity contribution in [1.29, 1.82) is 0 Å². The van der Waals surface area contributed by atoms with Gasteiger partial charge >= 0.3 is 0 Å². The Morgan fingerprint density at radius 1 is 1.54 bits per heavy atom. The van der Waals surface area contributed by atoms with Crippen LogP contribution >= 0.6 is 0 Å². The van der Waals surface area contributed by atoms with Crippen LogP contribution in [0.15, 0.2) is 17.7 Å². The zero-order valence-electron chi connectivity index (χ0n) is 14.1. The van der Waals surface area contributed by atoms with Gasteiger partial charge in [-0.05, 0) is 6.92 Å². The summed E-state index contributed by atoms with van der Waals surface area (Å²) in [4.78, 5) is 13.1. The summed E-state index contributed by atoms with van der Waals surface area (Å²) >= 11 is 0. The van der Waals surface area contributed by atoms with E-state index in [2.05, 4.69) is 20.6 Å². The number of nitrogens with two attached hydrogens (primary N) is 1. The van der Waals surface area contributed by atoms with E-state index in [1.807, 2.05) is 0 Å². The first-order valence-electron chi connectivity index (χ1n) is 7.66. The molecule has 4 atom stereocenters. The molecule has 1 fully saturated rings. The molecule has 142 valence electrons. The van der Waals surface area contributed by atoms with E-state index < -0.39 is 30.6 Å². The van der Waals surface area contributed by atoms with E-state index in [9.17, 15) is 15.3 Å². The van der Waals surface area contributed by atoms with Gasteiger partial charge in [0.25, 0.3) is 0 Å². The first-order chi connectivity index (χ1) is 12.4. The topological polar surface area (TPSA) is 180 Å². The maximum atomic E-state index is 10.7. The van der Waals surface area contributed by atoms with Gasteiger partial charge in [-0.2, -0.15) is 0 Å². The van der Waals surface area contributed by atoms with Crippen LogP contribution in [0.25, 0.3) is 11.0 Å². The van der Waals surface area contributed by atoms with E-state index >= 15 is 0 Å². The van der Waals surface area contributed by atoms with Crippen molar-refractivity contribution in [3.63, 3.8) is 0 Å². The van der Waals surface area contributed by atoms with Crippen LogP contribution < -0.4 is 11.2 Å². The molecule has 12 heteroatoms. The van der Waals surface area contributed by atoms with Crippen molar-refractivity contribution in [2.24, 2.45) is 10.9 Å². The number of amidine groups is 1. The minimum atomic E-state index is -1.73. The largest absolute Gasteiger partial charge is 0.409 e. The van der Waals surface area contributed by atoms with Crippen molar-refractivity contribution >= 4 is 22.7 Å². The molecule has 0 radical (unpaired) electrons. The van der Waals surface area contributed by atoms with Crippen molar-refractivity contribution in [2.45, 2.75) is 31.0 Å². The predicted molar refractivity (Wildman–Crippen MR) is 88.3 cm³/mol. The molecule has 12 nitrogen and oxygen atoms in total. The number of hydrogen-bond acceptors (Lipinski definition) is 10. The fourth-order valence-electron chi connectivity index (χ4n) is 3.08. The summed E-state index contributed by atoms with van der Waals surface area (Å²) in [7, 11) is 1.39. The first kappa shape index (κ1) is 18.3. The number of anilines is 1. The molecule has 0 amide bonds. The molecular weight excluding hydrogens is 348 g/mol. The van der Waals surface area contributed by atoms with Crippen LogP contribution in [0.2, 0.25) is 0 Å². The SMILES string of the molecule is CONc1ncnc2c1c(/C(N)=N\O)cn2[C@@H]1O[C@H](CO)[C@@H](O)[C@@]1(C)O. The molecule has 3 heterocycles. The normalized spacial score (nSPS) is 29.4. The summed E-state index contributed by atoms with van der Waals surface area (Å²) < 4.78 is 7.04. The molecule has 0 aromatic carbocycles.